The van der Waals surface area contributed by atoms with E-state index >= 15 is 0 Å². The van der Waals surface area contributed by atoms with Crippen LogP contribution in [0.25, 0.3) is 0 Å². The first-order chi connectivity index (χ1) is 15.6. The number of benzene rings is 3. The number of hydrogen-bond acceptors (Lipinski definition) is 7. The maximum Gasteiger partial charge on any atom is 0.269 e. The molecule has 0 amide bonds. The molecule has 0 aliphatic carbocycles. The van der Waals surface area contributed by atoms with Crippen LogP contribution in [0.15, 0.2) is 71.8 Å². The van der Waals surface area contributed by atoms with E-state index in [2.05, 4.69) is 0 Å². The van der Waals surface area contributed by atoms with Crippen molar-refractivity contribution in [3.8, 4) is 17.2 Å². The Morgan fingerprint density at radius 1 is 1.06 bits per heavy atom. The summed E-state index contributed by atoms with van der Waals surface area (Å²) < 4.78 is 17.3. The highest BCUT2D eigenvalue weighted by Crippen LogP contribution is 2.50. The summed E-state index contributed by atoms with van der Waals surface area (Å²) in [6.45, 7) is 0. The van der Waals surface area contributed by atoms with Gasteiger partial charge in [0.25, 0.3) is 5.69 Å². The van der Waals surface area contributed by atoms with Crippen LogP contribution < -0.4 is 14.2 Å². The van der Waals surface area contributed by atoms with Crippen LogP contribution in [-0.4, -0.2) is 29.9 Å². The van der Waals surface area contributed by atoms with Crippen LogP contribution in [0.3, 0.4) is 0 Å². The Bertz CT molecular complexity index is 1210. The third-order valence-electron chi connectivity index (χ3n) is 5.79. The fraction of sp³-hybridized carbons (Fsp3) is 0.208. The smallest absolute Gasteiger partial charge is 0.269 e. The van der Waals surface area contributed by atoms with Gasteiger partial charge < -0.3 is 14.2 Å². The van der Waals surface area contributed by atoms with Crippen molar-refractivity contribution in [1.82, 2.24) is 5.01 Å². The van der Waals surface area contributed by atoms with Gasteiger partial charge in [-0.2, -0.15) is 5.10 Å². The summed E-state index contributed by atoms with van der Waals surface area (Å²) in [6, 6.07) is 19.9. The van der Waals surface area contributed by atoms with Crippen LogP contribution in [0.5, 0.6) is 17.2 Å². The van der Waals surface area contributed by atoms with Crippen molar-refractivity contribution in [2.24, 2.45) is 5.10 Å². The Morgan fingerprint density at radius 2 is 1.84 bits per heavy atom. The third-order valence-corrected chi connectivity index (χ3v) is 5.79. The van der Waals surface area contributed by atoms with E-state index in [0.29, 0.717) is 17.9 Å². The van der Waals surface area contributed by atoms with E-state index in [1.54, 1.807) is 26.4 Å². The molecule has 0 radical (unpaired) electrons. The van der Waals surface area contributed by atoms with Gasteiger partial charge in [-0.25, -0.2) is 5.01 Å². The number of hydrazone groups is 1. The molecule has 2 atom stereocenters. The van der Waals surface area contributed by atoms with E-state index < -0.39 is 11.2 Å². The van der Waals surface area contributed by atoms with Gasteiger partial charge in [0, 0.05) is 35.2 Å². The quantitative estimate of drug-likeness (QED) is 0.424. The molecule has 3 aromatic carbocycles. The number of fused-ring (bicyclic) bond motifs is 3. The second kappa shape index (κ2) is 7.88. The summed E-state index contributed by atoms with van der Waals surface area (Å²) in [6.07, 6.45) is 0.132. The molecule has 0 fully saturated rings. The minimum atomic E-state index is -0.548. The zero-order valence-electron chi connectivity index (χ0n) is 17.6. The fourth-order valence-electron chi connectivity index (χ4n) is 4.20. The molecule has 0 saturated carbocycles. The average Bonchev–Trinajstić information content (AvgIpc) is 3.29. The molecule has 8 nitrogen and oxygen atoms in total. The zero-order chi connectivity index (χ0) is 22.2. The molecule has 0 N–H and O–H groups in total. The van der Waals surface area contributed by atoms with Crippen LogP contribution in [-0.2, 0) is 0 Å². The van der Waals surface area contributed by atoms with Crippen molar-refractivity contribution in [2.75, 3.05) is 14.2 Å². The molecule has 3 aromatic rings. The standard InChI is InChI=1S/C24H21N3O5/c1-30-18-6-3-5-16(13-18)20-14-21-19-7-4-8-22(31-2)23(19)32-24(26(21)25-20)15-9-11-17(12-10-15)27(28)29/h3-13,21,24H,14H2,1-2H3/t21-,24+/m1/s1. The number of rotatable bonds is 5. The van der Waals surface area contributed by atoms with Crippen LogP contribution in [0.4, 0.5) is 5.69 Å². The Hall–Kier alpha value is -4.07. The van der Waals surface area contributed by atoms with Crippen molar-refractivity contribution in [3.63, 3.8) is 0 Å². The molecular formula is C24H21N3O5. The Balaban J connectivity index is 1.59. The monoisotopic (exact) mass is 431 g/mol. The molecule has 0 unspecified atom stereocenters. The maximum atomic E-state index is 11.1. The van der Waals surface area contributed by atoms with Crippen LogP contribution in [0.1, 0.15) is 35.4 Å². The lowest BCUT2D eigenvalue weighted by Gasteiger charge is -2.38. The highest BCUT2D eigenvalue weighted by molar-refractivity contribution is 6.02. The van der Waals surface area contributed by atoms with Crippen LogP contribution in [0.2, 0.25) is 0 Å². The predicted octanol–water partition coefficient (Wildman–Crippen LogP) is 4.85. The summed E-state index contributed by atoms with van der Waals surface area (Å²) in [7, 11) is 3.25. The summed E-state index contributed by atoms with van der Waals surface area (Å²) in [5.74, 6) is 2.07. The second-order valence-electron chi connectivity index (χ2n) is 7.58. The first-order valence-corrected chi connectivity index (χ1v) is 10.2. The first kappa shape index (κ1) is 19.9. The Kier molecular flexibility index (Phi) is 4.89. The summed E-state index contributed by atoms with van der Waals surface area (Å²) in [5.41, 5.74) is 3.68. The van der Waals surface area contributed by atoms with Gasteiger partial charge in [0.05, 0.1) is 30.9 Å². The van der Waals surface area contributed by atoms with E-state index in [1.165, 1.54) is 12.1 Å². The zero-order valence-corrected chi connectivity index (χ0v) is 17.6. The van der Waals surface area contributed by atoms with Crippen molar-refractivity contribution < 1.29 is 19.1 Å². The van der Waals surface area contributed by atoms with E-state index in [-0.39, 0.29) is 11.7 Å². The summed E-state index contributed by atoms with van der Waals surface area (Å²) >= 11 is 0. The minimum Gasteiger partial charge on any atom is -0.497 e. The topological polar surface area (TPSA) is 86.4 Å². The fourth-order valence-corrected chi connectivity index (χ4v) is 4.20. The van der Waals surface area contributed by atoms with Crippen LogP contribution >= 0.6 is 0 Å². The van der Waals surface area contributed by atoms with Gasteiger partial charge in [0.15, 0.2) is 11.5 Å². The van der Waals surface area contributed by atoms with Gasteiger partial charge in [0.2, 0.25) is 6.23 Å². The van der Waals surface area contributed by atoms with Crippen molar-refractivity contribution in [1.29, 1.82) is 0 Å². The lowest BCUT2D eigenvalue weighted by molar-refractivity contribution is -0.384. The molecule has 0 aromatic heterocycles. The molecule has 0 saturated heterocycles. The van der Waals surface area contributed by atoms with E-state index in [1.807, 2.05) is 47.5 Å². The Labute approximate surface area is 184 Å². The second-order valence-corrected chi connectivity index (χ2v) is 7.58. The van der Waals surface area contributed by atoms with Gasteiger partial charge in [-0.3, -0.25) is 10.1 Å². The number of ether oxygens (including phenoxy) is 3. The largest absolute Gasteiger partial charge is 0.497 e. The number of nitro groups is 1. The van der Waals surface area contributed by atoms with Gasteiger partial charge in [0.1, 0.15) is 5.75 Å². The molecule has 162 valence electrons. The van der Waals surface area contributed by atoms with Crippen molar-refractivity contribution >= 4 is 11.4 Å². The number of para-hydroxylation sites is 1. The van der Waals surface area contributed by atoms with E-state index in [4.69, 9.17) is 19.3 Å². The lowest BCUT2D eigenvalue weighted by atomic mass is 9.95. The number of methoxy groups -OCH3 is 2. The summed E-state index contributed by atoms with van der Waals surface area (Å²) in [5, 5.41) is 17.9. The highest BCUT2D eigenvalue weighted by atomic mass is 16.6. The third kappa shape index (κ3) is 3.30. The molecule has 0 spiro atoms. The van der Waals surface area contributed by atoms with Crippen molar-refractivity contribution in [3.05, 3.63) is 93.5 Å². The molecule has 8 heteroatoms. The van der Waals surface area contributed by atoms with Crippen LogP contribution in [0, 0.1) is 10.1 Å². The normalized spacial score (nSPS) is 18.8. The lowest BCUT2D eigenvalue weighted by Crippen LogP contribution is -2.33. The number of nitrogens with zero attached hydrogens (tertiary/aromatic N) is 3. The molecule has 5 rings (SSSR count). The van der Waals surface area contributed by atoms with Gasteiger partial charge >= 0.3 is 0 Å². The molecule has 0 bridgehead atoms. The maximum absolute atomic E-state index is 11.1. The number of non-ortho nitro benzene ring substituents is 1. The highest BCUT2D eigenvalue weighted by Gasteiger charge is 2.42. The molecular weight excluding hydrogens is 410 g/mol. The van der Waals surface area contributed by atoms with E-state index in [9.17, 15) is 10.1 Å². The SMILES string of the molecule is COc1cccc(C2=NN3[C@H](C2)c2cccc(OC)c2O[C@H]3c2ccc([N+](=O)[O-])cc2)c1. The molecule has 2 aliphatic heterocycles. The number of nitro benzene ring substituents is 1. The number of hydrogen-bond donors (Lipinski definition) is 0. The Morgan fingerprint density at radius 3 is 2.56 bits per heavy atom. The molecule has 2 heterocycles. The first-order valence-electron chi connectivity index (χ1n) is 10.2. The molecule has 32 heavy (non-hydrogen) atoms. The predicted molar refractivity (Wildman–Crippen MR) is 118 cm³/mol. The minimum absolute atomic E-state index is 0.0288. The molecule has 2 aliphatic rings. The van der Waals surface area contributed by atoms with Gasteiger partial charge in [-0.05, 0) is 30.3 Å². The average molecular weight is 431 g/mol. The van der Waals surface area contributed by atoms with Gasteiger partial charge in [-0.15, -0.1) is 0 Å². The van der Waals surface area contributed by atoms with E-state index in [0.717, 1.165) is 28.2 Å². The summed E-state index contributed by atoms with van der Waals surface area (Å²) in [4.78, 5) is 10.7. The van der Waals surface area contributed by atoms with Crippen molar-refractivity contribution in [2.45, 2.75) is 18.7 Å². The van der Waals surface area contributed by atoms with Gasteiger partial charge in [-0.1, -0.05) is 24.3 Å².